The van der Waals surface area contributed by atoms with E-state index in [2.05, 4.69) is 16.1 Å². The van der Waals surface area contributed by atoms with Gasteiger partial charge in [-0.05, 0) is 26.7 Å². The van der Waals surface area contributed by atoms with Crippen molar-refractivity contribution in [3.05, 3.63) is 0 Å². The lowest BCUT2D eigenvalue weighted by atomic mass is 9.99. The zero-order valence-electron chi connectivity index (χ0n) is 12.0. The molecule has 4 heteroatoms. The van der Waals surface area contributed by atoms with Crippen LogP contribution < -0.4 is 5.32 Å². The van der Waals surface area contributed by atoms with Gasteiger partial charge in [0.1, 0.15) is 0 Å². The Bertz CT molecular complexity index is 322. The van der Waals surface area contributed by atoms with Gasteiger partial charge in [-0.2, -0.15) is 0 Å². The van der Waals surface area contributed by atoms with Crippen LogP contribution in [0.1, 0.15) is 26.7 Å². The van der Waals surface area contributed by atoms with Crippen molar-refractivity contribution in [1.82, 2.24) is 15.1 Å². The minimum atomic E-state index is -0.244. The van der Waals surface area contributed by atoms with Crippen LogP contribution in [0.2, 0.25) is 0 Å². The molecule has 1 heterocycles. The highest BCUT2D eigenvalue weighted by atomic mass is 16.2. The predicted molar refractivity (Wildman–Crippen MR) is 74.2 cm³/mol. The first kappa shape index (κ1) is 15.0. The number of rotatable bonds is 4. The first-order valence-corrected chi connectivity index (χ1v) is 6.52. The van der Waals surface area contributed by atoms with E-state index in [9.17, 15) is 4.79 Å². The van der Waals surface area contributed by atoms with Gasteiger partial charge in [0, 0.05) is 33.2 Å². The Morgan fingerprint density at radius 1 is 1.44 bits per heavy atom. The minimum Gasteiger partial charge on any atom is -0.348 e. The number of likely N-dealkylation sites (N-methyl/N-ethyl adjacent to an activating group) is 1. The molecule has 0 bridgehead atoms. The highest BCUT2D eigenvalue weighted by Crippen LogP contribution is 2.13. The molecule has 0 aromatic carbocycles. The summed E-state index contributed by atoms with van der Waals surface area (Å²) in [5.74, 6) is 2.93. The second-order valence-corrected chi connectivity index (χ2v) is 5.75. The van der Waals surface area contributed by atoms with Gasteiger partial charge >= 0.3 is 0 Å². The first-order valence-electron chi connectivity index (χ1n) is 6.52. The Morgan fingerprint density at radius 3 is 2.44 bits per heavy atom. The molecule has 0 spiro atoms. The fraction of sp³-hybridized carbons (Fsp3) is 0.786. The van der Waals surface area contributed by atoms with Crippen molar-refractivity contribution in [2.75, 3.05) is 33.7 Å². The lowest BCUT2D eigenvalue weighted by Crippen LogP contribution is -2.51. The minimum absolute atomic E-state index is 0.172. The number of amides is 1. The smallest absolute Gasteiger partial charge is 0.236 e. The second kappa shape index (κ2) is 6.21. The maximum atomic E-state index is 11.6. The number of hydrogen-bond acceptors (Lipinski definition) is 3. The summed E-state index contributed by atoms with van der Waals surface area (Å²) in [5, 5.41) is 3.48. The highest BCUT2D eigenvalue weighted by molar-refractivity contribution is 5.77. The molecule has 0 unspecified atom stereocenters. The van der Waals surface area contributed by atoms with Gasteiger partial charge in [0.2, 0.25) is 5.91 Å². The summed E-state index contributed by atoms with van der Waals surface area (Å²) in [6, 6.07) is 0.460. The Labute approximate surface area is 111 Å². The van der Waals surface area contributed by atoms with Crippen LogP contribution in [-0.2, 0) is 4.79 Å². The van der Waals surface area contributed by atoms with Crippen molar-refractivity contribution < 1.29 is 4.79 Å². The third-order valence-electron chi connectivity index (χ3n) is 3.37. The van der Waals surface area contributed by atoms with Gasteiger partial charge in [-0.3, -0.25) is 15.0 Å². The number of piperidine rings is 1. The van der Waals surface area contributed by atoms with Crippen molar-refractivity contribution >= 4 is 5.91 Å². The van der Waals surface area contributed by atoms with Crippen molar-refractivity contribution in [1.29, 1.82) is 0 Å². The molecule has 4 nitrogen and oxygen atoms in total. The Kier molecular flexibility index (Phi) is 5.18. The SMILES string of the molecule is C#CC(C)(C)NC1CCN(CC(=O)N(C)C)CC1. The normalized spacial score (nSPS) is 18.4. The molecule has 1 fully saturated rings. The standard InChI is InChI=1S/C14H25N3O/c1-6-14(2,3)15-12-7-9-17(10-8-12)11-13(18)16(4)5/h1,12,15H,7-11H2,2-5H3. The Morgan fingerprint density at radius 2 is 2.00 bits per heavy atom. The molecule has 102 valence electrons. The number of nitrogens with one attached hydrogen (secondary N) is 1. The third kappa shape index (κ3) is 4.67. The van der Waals surface area contributed by atoms with Gasteiger partial charge in [-0.15, -0.1) is 6.42 Å². The summed E-state index contributed by atoms with van der Waals surface area (Å²) in [5.41, 5.74) is -0.244. The van der Waals surface area contributed by atoms with Crippen LogP contribution in [0.15, 0.2) is 0 Å². The summed E-state index contributed by atoms with van der Waals surface area (Å²) >= 11 is 0. The van der Waals surface area contributed by atoms with Gasteiger partial charge < -0.3 is 4.90 Å². The summed E-state index contributed by atoms with van der Waals surface area (Å²) in [6.07, 6.45) is 7.57. The maximum absolute atomic E-state index is 11.6. The zero-order valence-corrected chi connectivity index (χ0v) is 12.0. The molecule has 0 aromatic rings. The molecule has 0 radical (unpaired) electrons. The monoisotopic (exact) mass is 251 g/mol. The van der Waals surface area contributed by atoms with Crippen LogP contribution in [0.5, 0.6) is 0 Å². The van der Waals surface area contributed by atoms with Crippen LogP contribution in [-0.4, -0.2) is 61.0 Å². The van der Waals surface area contributed by atoms with E-state index in [1.165, 1.54) is 0 Å². The first-order chi connectivity index (χ1) is 8.34. The fourth-order valence-electron chi connectivity index (χ4n) is 2.12. The zero-order chi connectivity index (χ0) is 13.8. The van der Waals surface area contributed by atoms with E-state index in [0.29, 0.717) is 12.6 Å². The van der Waals surface area contributed by atoms with Gasteiger partial charge in [-0.1, -0.05) is 5.92 Å². The molecule has 1 N–H and O–H groups in total. The van der Waals surface area contributed by atoms with Gasteiger partial charge in [0.25, 0.3) is 0 Å². The molecule has 1 aliphatic rings. The Balaban J connectivity index is 2.34. The van der Waals surface area contributed by atoms with Crippen molar-refractivity contribution in [2.45, 2.75) is 38.3 Å². The highest BCUT2D eigenvalue weighted by Gasteiger charge is 2.25. The number of carbonyl (C=O) groups is 1. The van der Waals surface area contributed by atoms with E-state index >= 15 is 0 Å². The molecule has 1 aliphatic heterocycles. The topological polar surface area (TPSA) is 35.6 Å². The quantitative estimate of drug-likeness (QED) is 0.741. The molecular weight excluding hydrogens is 226 g/mol. The molecule has 18 heavy (non-hydrogen) atoms. The van der Waals surface area contributed by atoms with E-state index < -0.39 is 0 Å². The Hall–Kier alpha value is -1.05. The lowest BCUT2D eigenvalue weighted by molar-refractivity contribution is -0.130. The van der Waals surface area contributed by atoms with E-state index in [1.54, 1.807) is 19.0 Å². The van der Waals surface area contributed by atoms with E-state index in [-0.39, 0.29) is 11.4 Å². The summed E-state index contributed by atoms with van der Waals surface area (Å²) in [7, 11) is 3.60. The average molecular weight is 251 g/mol. The van der Waals surface area contributed by atoms with Gasteiger partial charge in [-0.25, -0.2) is 0 Å². The van der Waals surface area contributed by atoms with Crippen molar-refractivity contribution in [3.63, 3.8) is 0 Å². The van der Waals surface area contributed by atoms with Crippen molar-refractivity contribution in [3.8, 4) is 12.3 Å². The number of hydrogen-bond donors (Lipinski definition) is 1. The van der Waals surface area contributed by atoms with Crippen LogP contribution in [0.4, 0.5) is 0 Å². The molecule has 0 aromatic heterocycles. The van der Waals surface area contributed by atoms with Crippen LogP contribution >= 0.6 is 0 Å². The van der Waals surface area contributed by atoms with E-state index in [1.807, 2.05) is 13.8 Å². The fourth-order valence-corrected chi connectivity index (χ4v) is 2.12. The summed E-state index contributed by atoms with van der Waals surface area (Å²) in [4.78, 5) is 15.5. The molecule has 1 amide bonds. The average Bonchev–Trinajstić information content (AvgIpc) is 2.31. The van der Waals surface area contributed by atoms with E-state index in [4.69, 9.17) is 6.42 Å². The number of likely N-dealkylation sites (tertiary alicyclic amines) is 1. The molecule has 0 aliphatic carbocycles. The predicted octanol–water partition coefficient (Wildman–Crippen LogP) is 0.540. The van der Waals surface area contributed by atoms with Crippen LogP contribution in [0.25, 0.3) is 0 Å². The lowest BCUT2D eigenvalue weighted by Gasteiger charge is -2.35. The summed E-state index contributed by atoms with van der Waals surface area (Å²) in [6.45, 7) is 6.48. The largest absolute Gasteiger partial charge is 0.348 e. The number of carbonyl (C=O) groups excluding carboxylic acids is 1. The number of terminal acetylenes is 1. The van der Waals surface area contributed by atoms with Crippen LogP contribution in [0.3, 0.4) is 0 Å². The number of nitrogens with zero attached hydrogens (tertiary/aromatic N) is 2. The van der Waals surface area contributed by atoms with E-state index in [0.717, 1.165) is 25.9 Å². The molecule has 1 saturated heterocycles. The second-order valence-electron chi connectivity index (χ2n) is 5.75. The van der Waals surface area contributed by atoms with Gasteiger partial charge in [0.15, 0.2) is 0 Å². The van der Waals surface area contributed by atoms with Gasteiger partial charge in [0.05, 0.1) is 12.1 Å². The van der Waals surface area contributed by atoms with Crippen LogP contribution in [0, 0.1) is 12.3 Å². The summed E-state index contributed by atoms with van der Waals surface area (Å²) < 4.78 is 0. The third-order valence-corrected chi connectivity index (χ3v) is 3.37. The molecule has 0 saturated carbocycles. The van der Waals surface area contributed by atoms with Crippen molar-refractivity contribution in [2.24, 2.45) is 0 Å². The molecule has 0 atom stereocenters. The maximum Gasteiger partial charge on any atom is 0.236 e. The molecule has 1 rings (SSSR count). The molecular formula is C14H25N3O.